The van der Waals surface area contributed by atoms with Crippen LogP contribution in [0.5, 0.6) is 0 Å². The van der Waals surface area contributed by atoms with E-state index in [4.69, 9.17) is 5.73 Å². The van der Waals surface area contributed by atoms with Crippen molar-refractivity contribution in [2.45, 2.75) is 19.3 Å². The Morgan fingerprint density at radius 2 is 2.38 bits per heavy atom. The Labute approximate surface area is 104 Å². The van der Waals surface area contributed by atoms with Crippen molar-refractivity contribution in [3.63, 3.8) is 0 Å². The molecule has 1 heterocycles. The minimum Gasteiger partial charge on any atom is -0.396 e. The summed E-state index contributed by atoms with van der Waals surface area (Å²) in [4.78, 5) is 4.26. The molecule has 2 rings (SSSR count). The average Bonchev–Trinajstić information content (AvgIpc) is 2.29. The lowest BCUT2D eigenvalue weighted by molar-refractivity contribution is 0.504. The maximum absolute atomic E-state index is 5.87. The zero-order chi connectivity index (χ0) is 11.4. The van der Waals surface area contributed by atoms with Crippen LogP contribution in [-0.4, -0.2) is 11.5 Å². The van der Waals surface area contributed by atoms with E-state index in [0.717, 1.165) is 23.3 Å². The zero-order valence-corrected chi connectivity index (χ0v) is 10.7. The Morgan fingerprint density at radius 3 is 3.06 bits per heavy atom. The fraction of sp³-hybridized carbons (Fsp3) is 0.417. The molecule has 0 aromatic carbocycles. The Kier molecular flexibility index (Phi) is 3.83. The highest BCUT2D eigenvalue weighted by Gasteiger charge is 2.10. The van der Waals surface area contributed by atoms with Gasteiger partial charge in [0.2, 0.25) is 0 Å². The smallest absolute Gasteiger partial charge is 0.149 e. The Hall–Kier alpha value is -1.03. The molecule has 1 aromatic heterocycles. The molecule has 4 heteroatoms. The Balaban J connectivity index is 1.91. The number of hydrogen-bond donors (Lipinski definition) is 2. The van der Waals surface area contributed by atoms with Gasteiger partial charge in [-0.15, -0.1) is 0 Å². The third-order valence-corrected chi connectivity index (χ3v) is 3.25. The van der Waals surface area contributed by atoms with E-state index in [9.17, 15) is 0 Å². The summed E-state index contributed by atoms with van der Waals surface area (Å²) in [5.41, 5.74) is 6.56. The molecule has 0 saturated heterocycles. The highest BCUT2D eigenvalue weighted by Crippen LogP contribution is 2.22. The summed E-state index contributed by atoms with van der Waals surface area (Å²) in [5, 5.41) is 3.32. The first kappa shape index (κ1) is 11.5. The number of allylic oxidation sites excluding steroid dienone is 2. The summed E-state index contributed by atoms with van der Waals surface area (Å²) in [6.45, 7) is 0.948. The molecule has 0 spiro atoms. The fourth-order valence-electron chi connectivity index (χ4n) is 1.89. The lowest BCUT2D eigenvalue weighted by Crippen LogP contribution is -2.16. The van der Waals surface area contributed by atoms with E-state index >= 15 is 0 Å². The third kappa shape index (κ3) is 2.98. The van der Waals surface area contributed by atoms with Gasteiger partial charge < -0.3 is 11.1 Å². The van der Waals surface area contributed by atoms with E-state index in [0.29, 0.717) is 11.6 Å². The summed E-state index contributed by atoms with van der Waals surface area (Å²) in [7, 11) is 0. The van der Waals surface area contributed by atoms with Gasteiger partial charge in [0.1, 0.15) is 5.82 Å². The molecule has 1 aliphatic rings. The van der Waals surface area contributed by atoms with Crippen molar-refractivity contribution in [1.29, 1.82) is 0 Å². The van der Waals surface area contributed by atoms with Gasteiger partial charge in [0.05, 0.1) is 5.69 Å². The normalized spacial score (nSPS) is 19.7. The van der Waals surface area contributed by atoms with Gasteiger partial charge in [-0.25, -0.2) is 4.98 Å². The number of hydrogen-bond acceptors (Lipinski definition) is 3. The standard InChI is InChI=1S/C12H16BrN3/c13-10-6-11(14)12(16-8-10)15-7-9-4-2-1-3-5-9/h1-2,6,8-9H,3-5,7,14H2,(H,15,16). The first-order valence-electron chi connectivity index (χ1n) is 5.55. The van der Waals surface area contributed by atoms with E-state index < -0.39 is 0 Å². The van der Waals surface area contributed by atoms with Crippen LogP contribution in [0.4, 0.5) is 11.5 Å². The second kappa shape index (κ2) is 5.34. The van der Waals surface area contributed by atoms with Gasteiger partial charge in [-0.1, -0.05) is 12.2 Å². The number of nitrogens with one attached hydrogen (secondary N) is 1. The molecule has 16 heavy (non-hydrogen) atoms. The number of nitrogens with two attached hydrogens (primary N) is 1. The van der Waals surface area contributed by atoms with Gasteiger partial charge in [-0.2, -0.15) is 0 Å². The van der Waals surface area contributed by atoms with Gasteiger partial charge in [-0.3, -0.25) is 0 Å². The molecule has 3 N–H and O–H groups in total. The SMILES string of the molecule is Nc1cc(Br)cnc1NCC1CC=CCC1. The third-order valence-electron chi connectivity index (χ3n) is 2.82. The van der Waals surface area contributed by atoms with Gasteiger partial charge >= 0.3 is 0 Å². The lowest BCUT2D eigenvalue weighted by atomic mass is 9.94. The molecule has 3 nitrogen and oxygen atoms in total. The fourth-order valence-corrected chi connectivity index (χ4v) is 2.23. The number of halogens is 1. The lowest BCUT2D eigenvalue weighted by Gasteiger charge is -2.18. The summed E-state index contributed by atoms with van der Waals surface area (Å²) in [6, 6.07) is 1.87. The van der Waals surface area contributed by atoms with Crippen LogP contribution < -0.4 is 11.1 Å². The number of nitrogens with zero attached hydrogens (tertiary/aromatic N) is 1. The van der Waals surface area contributed by atoms with Crippen LogP contribution in [0, 0.1) is 5.92 Å². The maximum atomic E-state index is 5.87. The van der Waals surface area contributed by atoms with E-state index in [1.807, 2.05) is 6.07 Å². The molecule has 1 atom stereocenters. The number of pyridine rings is 1. The number of anilines is 2. The Morgan fingerprint density at radius 1 is 1.50 bits per heavy atom. The molecular weight excluding hydrogens is 266 g/mol. The van der Waals surface area contributed by atoms with Crippen LogP contribution >= 0.6 is 15.9 Å². The summed E-state index contributed by atoms with van der Waals surface area (Å²) >= 11 is 3.34. The van der Waals surface area contributed by atoms with Crippen molar-refractivity contribution in [1.82, 2.24) is 4.98 Å². The second-order valence-electron chi connectivity index (χ2n) is 4.12. The molecule has 0 fully saturated rings. The largest absolute Gasteiger partial charge is 0.396 e. The van der Waals surface area contributed by atoms with E-state index in [1.54, 1.807) is 6.20 Å². The molecule has 1 unspecified atom stereocenters. The van der Waals surface area contributed by atoms with Gasteiger partial charge in [0, 0.05) is 17.2 Å². The Bertz CT molecular complexity index is 390. The molecule has 0 bridgehead atoms. The van der Waals surface area contributed by atoms with Gasteiger partial charge in [0.15, 0.2) is 0 Å². The van der Waals surface area contributed by atoms with Crippen molar-refractivity contribution in [2.75, 3.05) is 17.6 Å². The average molecular weight is 282 g/mol. The summed E-state index contributed by atoms with van der Waals surface area (Å²) in [6.07, 6.45) is 9.87. The van der Waals surface area contributed by atoms with E-state index in [1.165, 1.54) is 12.8 Å². The van der Waals surface area contributed by atoms with Crippen molar-refractivity contribution < 1.29 is 0 Å². The zero-order valence-electron chi connectivity index (χ0n) is 9.12. The van der Waals surface area contributed by atoms with E-state index in [-0.39, 0.29) is 0 Å². The molecule has 0 saturated carbocycles. The molecule has 0 aliphatic heterocycles. The number of rotatable bonds is 3. The molecule has 1 aliphatic carbocycles. The van der Waals surface area contributed by atoms with Crippen molar-refractivity contribution in [2.24, 2.45) is 5.92 Å². The molecule has 0 radical (unpaired) electrons. The predicted molar refractivity (Wildman–Crippen MR) is 71.3 cm³/mol. The maximum Gasteiger partial charge on any atom is 0.149 e. The number of aromatic nitrogens is 1. The van der Waals surface area contributed by atoms with Crippen molar-refractivity contribution in [3.8, 4) is 0 Å². The molecule has 1 aromatic rings. The predicted octanol–water partition coefficient (Wildman–Crippen LogP) is 3.19. The van der Waals surface area contributed by atoms with Crippen LogP contribution in [0.2, 0.25) is 0 Å². The van der Waals surface area contributed by atoms with Crippen LogP contribution in [0.1, 0.15) is 19.3 Å². The van der Waals surface area contributed by atoms with Crippen LogP contribution in [-0.2, 0) is 0 Å². The van der Waals surface area contributed by atoms with E-state index in [2.05, 4.69) is 38.4 Å². The number of nitrogen functional groups attached to an aromatic ring is 1. The highest BCUT2D eigenvalue weighted by atomic mass is 79.9. The van der Waals surface area contributed by atoms with Gasteiger partial charge in [0.25, 0.3) is 0 Å². The topological polar surface area (TPSA) is 50.9 Å². The van der Waals surface area contributed by atoms with Gasteiger partial charge in [-0.05, 0) is 47.2 Å². The minimum absolute atomic E-state index is 0.695. The quantitative estimate of drug-likeness (QED) is 0.837. The summed E-state index contributed by atoms with van der Waals surface area (Å²) < 4.78 is 0.913. The van der Waals surface area contributed by atoms with Crippen LogP contribution in [0.15, 0.2) is 28.9 Å². The monoisotopic (exact) mass is 281 g/mol. The molecule has 86 valence electrons. The highest BCUT2D eigenvalue weighted by molar-refractivity contribution is 9.10. The first-order valence-corrected chi connectivity index (χ1v) is 6.35. The summed E-state index contributed by atoms with van der Waals surface area (Å²) in [5.74, 6) is 1.49. The second-order valence-corrected chi connectivity index (χ2v) is 5.04. The first-order chi connectivity index (χ1) is 7.75. The molecule has 0 amide bonds. The van der Waals surface area contributed by atoms with Crippen molar-refractivity contribution >= 4 is 27.4 Å². The van der Waals surface area contributed by atoms with Crippen LogP contribution in [0.3, 0.4) is 0 Å². The minimum atomic E-state index is 0.695. The van der Waals surface area contributed by atoms with Crippen molar-refractivity contribution in [3.05, 3.63) is 28.9 Å². The van der Waals surface area contributed by atoms with Crippen LogP contribution in [0.25, 0.3) is 0 Å². The molecular formula is C12H16BrN3.